The van der Waals surface area contributed by atoms with Crippen molar-refractivity contribution in [2.24, 2.45) is 5.10 Å². The number of aryl methyl sites for hydroxylation is 1. The third-order valence-corrected chi connectivity index (χ3v) is 2.13. The van der Waals surface area contributed by atoms with Crippen molar-refractivity contribution >= 4 is 6.21 Å². The molecule has 0 bridgehead atoms. The van der Waals surface area contributed by atoms with Crippen LogP contribution in [-0.4, -0.2) is 21.1 Å². The third kappa shape index (κ3) is 2.49. The van der Waals surface area contributed by atoms with Crippen LogP contribution in [0.3, 0.4) is 0 Å². The minimum Gasteiger partial charge on any atom is -0.208 e. The van der Waals surface area contributed by atoms with Crippen molar-refractivity contribution in [1.82, 2.24) is 14.9 Å². The Morgan fingerprint density at radius 2 is 1.87 bits per heavy atom. The molecule has 0 unspecified atom stereocenters. The lowest BCUT2D eigenvalue weighted by molar-refractivity contribution is 0.878. The molecule has 0 saturated carbocycles. The van der Waals surface area contributed by atoms with Crippen molar-refractivity contribution in [3.8, 4) is 0 Å². The fourth-order valence-corrected chi connectivity index (χ4v) is 1.23. The van der Waals surface area contributed by atoms with E-state index in [0.717, 1.165) is 12.0 Å². The second kappa shape index (κ2) is 4.50. The maximum atomic E-state index is 4.16. The Morgan fingerprint density at radius 1 is 1.20 bits per heavy atom. The SMILES string of the molecule is CCc1ccc(/C=N\n2cnnc2)cc1. The molecule has 15 heavy (non-hydrogen) atoms. The van der Waals surface area contributed by atoms with Crippen LogP contribution in [0.2, 0.25) is 0 Å². The second-order valence-electron chi connectivity index (χ2n) is 3.18. The Bertz CT molecular complexity index is 428. The predicted octanol–water partition coefficient (Wildman–Crippen LogP) is 1.72. The summed E-state index contributed by atoms with van der Waals surface area (Å²) in [5, 5.41) is 11.5. The van der Waals surface area contributed by atoms with E-state index >= 15 is 0 Å². The molecular formula is C11H12N4. The van der Waals surface area contributed by atoms with Gasteiger partial charge in [0.2, 0.25) is 0 Å². The summed E-state index contributed by atoms with van der Waals surface area (Å²) in [7, 11) is 0. The first-order valence-corrected chi connectivity index (χ1v) is 4.86. The highest BCUT2D eigenvalue weighted by atomic mass is 15.4. The highest BCUT2D eigenvalue weighted by molar-refractivity contribution is 5.79. The van der Waals surface area contributed by atoms with Crippen LogP contribution >= 0.6 is 0 Å². The molecular weight excluding hydrogens is 188 g/mol. The lowest BCUT2D eigenvalue weighted by Crippen LogP contribution is -1.88. The van der Waals surface area contributed by atoms with Crippen molar-refractivity contribution in [2.45, 2.75) is 13.3 Å². The molecule has 0 spiro atoms. The van der Waals surface area contributed by atoms with E-state index in [1.807, 2.05) is 12.1 Å². The smallest absolute Gasteiger partial charge is 0.141 e. The second-order valence-corrected chi connectivity index (χ2v) is 3.18. The van der Waals surface area contributed by atoms with Gasteiger partial charge in [-0.1, -0.05) is 31.2 Å². The zero-order chi connectivity index (χ0) is 10.5. The lowest BCUT2D eigenvalue weighted by atomic mass is 10.1. The van der Waals surface area contributed by atoms with E-state index in [0.29, 0.717) is 0 Å². The van der Waals surface area contributed by atoms with Gasteiger partial charge in [0.1, 0.15) is 12.7 Å². The summed E-state index contributed by atoms with van der Waals surface area (Å²) in [4.78, 5) is 0. The summed E-state index contributed by atoms with van der Waals surface area (Å²) in [6, 6.07) is 8.31. The van der Waals surface area contributed by atoms with Crippen molar-refractivity contribution in [2.75, 3.05) is 0 Å². The Kier molecular flexibility index (Phi) is 2.88. The van der Waals surface area contributed by atoms with Gasteiger partial charge in [0.15, 0.2) is 0 Å². The monoisotopic (exact) mass is 200 g/mol. The van der Waals surface area contributed by atoms with E-state index in [1.165, 1.54) is 5.56 Å². The van der Waals surface area contributed by atoms with Gasteiger partial charge in [-0.05, 0) is 17.5 Å². The molecule has 0 amide bonds. The molecule has 0 fully saturated rings. The normalized spacial score (nSPS) is 11.0. The van der Waals surface area contributed by atoms with Gasteiger partial charge in [-0.3, -0.25) is 0 Å². The van der Waals surface area contributed by atoms with E-state index in [2.05, 4.69) is 34.4 Å². The maximum Gasteiger partial charge on any atom is 0.141 e. The van der Waals surface area contributed by atoms with Gasteiger partial charge in [-0.25, -0.2) is 4.68 Å². The molecule has 0 aliphatic carbocycles. The molecule has 0 saturated heterocycles. The van der Waals surface area contributed by atoms with Crippen LogP contribution in [0.4, 0.5) is 0 Å². The Labute approximate surface area is 88.3 Å². The molecule has 0 N–H and O–H groups in total. The van der Waals surface area contributed by atoms with Crippen molar-refractivity contribution in [3.63, 3.8) is 0 Å². The summed E-state index contributed by atoms with van der Waals surface area (Å²) in [6.45, 7) is 2.14. The average molecular weight is 200 g/mol. The molecule has 0 radical (unpaired) electrons. The molecule has 0 aliphatic heterocycles. The quantitative estimate of drug-likeness (QED) is 0.708. The highest BCUT2D eigenvalue weighted by Crippen LogP contribution is 2.02. The maximum absolute atomic E-state index is 4.16. The topological polar surface area (TPSA) is 43.1 Å². The minimum atomic E-state index is 1.06. The van der Waals surface area contributed by atoms with Crippen LogP contribution in [0.15, 0.2) is 42.0 Å². The zero-order valence-corrected chi connectivity index (χ0v) is 8.54. The van der Waals surface area contributed by atoms with Gasteiger partial charge in [0.05, 0.1) is 6.21 Å². The molecule has 0 atom stereocenters. The van der Waals surface area contributed by atoms with Crippen molar-refractivity contribution in [1.29, 1.82) is 0 Å². The minimum absolute atomic E-state index is 1.06. The molecule has 0 aliphatic rings. The first-order chi connectivity index (χ1) is 7.38. The number of hydrogen-bond donors (Lipinski definition) is 0. The van der Waals surface area contributed by atoms with E-state index < -0.39 is 0 Å². The zero-order valence-electron chi connectivity index (χ0n) is 8.54. The highest BCUT2D eigenvalue weighted by Gasteiger charge is 1.90. The van der Waals surface area contributed by atoms with Crippen LogP contribution in [0, 0.1) is 0 Å². The molecule has 76 valence electrons. The first kappa shape index (κ1) is 9.58. The largest absolute Gasteiger partial charge is 0.208 e. The van der Waals surface area contributed by atoms with Crippen molar-refractivity contribution < 1.29 is 0 Å². The molecule has 4 heteroatoms. The lowest BCUT2D eigenvalue weighted by Gasteiger charge is -1.96. The fourth-order valence-electron chi connectivity index (χ4n) is 1.23. The van der Waals surface area contributed by atoms with Gasteiger partial charge in [-0.15, -0.1) is 10.2 Å². The van der Waals surface area contributed by atoms with E-state index in [4.69, 9.17) is 0 Å². The Balaban J connectivity index is 2.11. The number of benzene rings is 1. The van der Waals surface area contributed by atoms with Crippen LogP contribution < -0.4 is 0 Å². The first-order valence-electron chi connectivity index (χ1n) is 4.86. The fraction of sp³-hybridized carbons (Fsp3) is 0.182. The number of hydrogen-bond acceptors (Lipinski definition) is 3. The van der Waals surface area contributed by atoms with Gasteiger partial charge in [0.25, 0.3) is 0 Å². The standard InChI is InChI=1S/C11H12N4/c1-2-10-3-5-11(6-4-10)7-14-15-8-12-13-9-15/h3-9H,2H2,1H3/b14-7-. The number of nitrogens with zero attached hydrogens (tertiary/aromatic N) is 4. The molecule has 2 aromatic rings. The van der Waals surface area contributed by atoms with Crippen LogP contribution in [0.5, 0.6) is 0 Å². The third-order valence-electron chi connectivity index (χ3n) is 2.13. The summed E-state index contributed by atoms with van der Waals surface area (Å²) >= 11 is 0. The van der Waals surface area contributed by atoms with Gasteiger partial charge in [-0.2, -0.15) is 5.10 Å². The van der Waals surface area contributed by atoms with Crippen LogP contribution in [0.25, 0.3) is 0 Å². The Morgan fingerprint density at radius 3 is 2.47 bits per heavy atom. The van der Waals surface area contributed by atoms with Crippen molar-refractivity contribution in [3.05, 3.63) is 48.0 Å². The molecule has 1 aromatic carbocycles. The van der Waals surface area contributed by atoms with Crippen LogP contribution in [-0.2, 0) is 6.42 Å². The summed E-state index contributed by atoms with van der Waals surface area (Å²) in [5.74, 6) is 0. The number of aromatic nitrogens is 3. The number of rotatable bonds is 3. The van der Waals surface area contributed by atoms with Gasteiger partial charge in [0, 0.05) is 0 Å². The van der Waals surface area contributed by atoms with Gasteiger partial charge >= 0.3 is 0 Å². The van der Waals surface area contributed by atoms with E-state index in [9.17, 15) is 0 Å². The van der Waals surface area contributed by atoms with E-state index in [1.54, 1.807) is 23.5 Å². The summed E-state index contributed by atoms with van der Waals surface area (Å²) in [6.07, 6.45) is 5.94. The molecule has 1 aromatic heterocycles. The molecule has 1 heterocycles. The predicted molar refractivity (Wildman–Crippen MR) is 58.8 cm³/mol. The molecule has 2 rings (SSSR count). The summed E-state index contributed by atoms with van der Waals surface area (Å²) < 4.78 is 1.56. The molecule has 4 nitrogen and oxygen atoms in total. The van der Waals surface area contributed by atoms with Crippen LogP contribution in [0.1, 0.15) is 18.1 Å². The average Bonchev–Trinajstić information content (AvgIpc) is 2.80. The summed E-state index contributed by atoms with van der Waals surface area (Å²) in [5.41, 5.74) is 2.40. The van der Waals surface area contributed by atoms with E-state index in [-0.39, 0.29) is 0 Å². The van der Waals surface area contributed by atoms with Gasteiger partial charge < -0.3 is 0 Å². The Hall–Kier alpha value is -1.97.